The highest BCUT2D eigenvalue weighted by atomic mass is 32.2. The summed E-state index contributed by atoms with van der Waals surface area (Å²) >= 11 is 0. The van der Waals surface area contributed by atoms with Crippen LogP contribution in [-0.4, -0.2) is 42.7 Å². The van der Waals surface area contributed by atoms with Crippen molar-refractivity contribution in [2.75, 3.05) is 19.6 Å². The van der Waals surface area contributed by atoms with Crippen LogP contribution in [0.2, 0.25) is 0 Å². The van der Waals surface area contributed by atoms with Crippen LogP contribution in [0, 0.1) is 19.8 Å². The lowest BCUT2D eigenvalue weighted by molar-refractivity contribution is 0.169. The number of sulfonamides is 1. The number of benzene rings is 1. The fraction of sp³-hybridized carbons (Fsp3) is 0.526. The van der Waals surface area contributed by atoms with E-state index in [0.717, 1.165) is 32.5 Å². The third kappa shape index (κ3) is 4.34. The predicted octanol–water partition coefficient (Wildman–Crippen LogP) is 2.23. The smallest absolute Gasteiger partial charge is 0.244 e. The first kappa shape index (κ1) is 19.1. The SMILES string of the molecule is Cc1nn(C)c(C)c1S(=O)(=O)NCC1CCCN(Cc2ccccc2)C1. The zero-order chi connectivity index (χ0) is 18.7. The normalized spacial score (nSPS) is 19.0. The maximum Gasteiger partial charge on any atom is 0.244 e. The molecule has 2 aromatic rings. The second kappa shape index (κ2) is 7.90. The van der Waals surface area contributed by atoms with E-state index >= 15 is 0 Å². The van der Waals surface area contributed by atoms with Gasteiger partial charge in [0.2, 0.25) is 10.0 Å². The number of hydrogen-bond donors (Lipinski definition) is 1. The monoisotopic (exact) mass is 376 g/mol. The van der Waals surface area contributed by atoms with Gasteiger partial charge in [0.1, 0.15) is 4.90 Å². The molecule has 7 heteroatoms. The number of aryl methyl sites for hydroxylation is 2. The van der Waals surface area contributed by atoms with Crippen LogP contribution in [0.25, 0.3) is 0 Å². The van der Waals surface area contributed by atoms with Gasteiger partial charge in [-0.1, -0.05) is 30.3 Å². The molecule has 0 saturated carbocycles. The molecule has 142 valence electrons. The van der Waals surface area contributed by atoms with E-state index in [1.165, 1.54) is 5.56 Å². The molecule has 1 aromatic carbocycles. The largest absolute Gasteiger partial charge is 0.299 e. The van der Waals surface area contributed by atoms with E-state index in [-0.39, 0.29) is 0 Å². The van der Waals surface area contributed by atoms with Gasteiger partial charge in [0.05, 0.1) is 11.4 Å². The minimum atomic E-state index is -3.53. The topological polar surface area (TPSA) is 67.2 Å². The van der Waals surface area contributed by atoms with Gasteiger partial charge in [0.15, 0.2) is 0 Å². The lowest BCUT2D eigenvalue weighted by Crippen LogP contribution is -2.40. The van der Waals surface area contributed by atoms with Crippen molar-refractivity contribution in [3.8, 4) is 0 Å². The fourth-order valence-corrected chi connectivity index (χ4v) is 5.30. The highest BCUT2D eigenvalue weighted by molar-refractivity contribution is 7.89. The van der Waals surface area contributed by atoms with Crippen LogP contribution < -0.4 is 4.72 Å². The summed E-state index contributed by atoms with van der Waals surface area (Å²) in [7, 11) is -1.76. The summed E-state index contributed by atoms with van der Waals surface area (Å²) in [4.78, 5) is 2.73. The molecule has 0 radical (unpaired) electrons. The summed E-state index contributed by atoms with van der Waals surface area (Å²) in [6.07, 6.45) is 2.16. The van der Waals surface area contributed by atoms with E-state index in [1.807, 2.05) is 6.07 Å². The van der Waals surface area contributed by atoms with Crippen LogP contribution >= 0.6 is 0 Å². The first-order valence-corrected chi connectivity index (χ1v) is 10.6. The van der Waals surface area contributed by atoms with E-state index in [9.17, 15) is 8.42 Å². The summed E-state index contributed by atoms with van der Waals surface area (Å²) < 4.78 is 29.9. The molecule has 1 unspecified atom stereocenters. The van der Waals surface area contributed by atoms with Gasteiger partial charge in [-0.25, -0.2) is 13.1 Å². The fourth-order valence-electron chi connectivity index (χ4n) is 3.75. The third-order valence-corrected chi connectivity index (χ3v) is 6.80. The molecule has 1 aliphatic heterocycles. The molecule has 6 nitrogen and oxygen atoms in total. The summed E-state index contributed by atoms with van der Waals surface area (Å²) in [5.74, 6) is 0.333. The van der Waals surface area contributed by atoms with Crippen LogP contribution in [0.3, 0.4) is 0 Å². The number of piperidine rings is 1. The van der Waals surface area contributed by atoms with Gasteiger partial charge in [-0.15, -0.1) is 0 Å². The molecule has 2 heterocycles. The molecule has 0 aliphatic carbocycles. The van der Waals surface area contributed by atoms with Crippen LogP contribution in [0.4, 0.5) is 0 Å². The average Bonchev–Trinajstić information content (AvgIpc) is 2.87. The van der Waals surface area contributed by atoms with Crippen molar-refractivity contribution < 1.29 is 8.42 Å². The van der Waals surface area contributed by atoms with E-state index in [4.69, 9.17) is 0 Å². The van der Waals surface area contributed by atoms with E-state index < -0.39 is 10.0 Å². The highest BCUT2D eigenvalue weighted by Crippen LogP contribution is 2.21. The number of nitrogens with zero attached hydrogens (tertiary/aromatic N) is 3. The summed E-state index contributed by atoms with van der Waals surface area (Å²) in [5.41, 5.74) is 2.52. The Hall–Kier alpha value is -1.70. The zero-order valence-electron chi connectivity index (χ0n) is 15.8. The van der Waals surface area contributed by atoms with E-state index in [0.29, 0.717) is 28.7 Å². The summed E-state index contributed by atoms with van der Waals surface area (Å²) in [6.45, 7) is 6.91. The van der Waals surface area contributed by atoms with Gasteiger partial charge in [0, 0.05) is 26.7 Å². The molecule has 3 rings (SSSR count). The second-order valence-corrected chi connectivity index (χ2v) is 8.91. The predicted molar refractivity (Wildman–Crippen MR) is 102 cm³/mol. The molecule has 0 spiro atoms. The van der Waals surface area contributed by atoms with Crippen LogP contribution in [0.15, 0.2) is 35.2 Å². The van der Waals surface area contributed by atoms with Crippen molar-refractivity contribution in [3.63, 3.8) is 0 Å². The Balaban J connectivity index is 1.60. The highest BCUT2D eigenvalue weighted by Gasteiger charge is 2.26. The van der Waals surface area contributed by atoms with Crippen molar-refractivity contribution in [2.24, 2.45) is 13.0 Å². The molecule has 1 saturated heterocycles. The number of hydrogen-bond acceptors (Lipinski definition) is 4. The van der Waals surface area contributed by atoms with Gasteiger partial charge < -0.3 is 0 Å². The van der Waals surface area contributed by atoms with Gasteiger partial charge in [-0.2, -0.15) is 5.10 Å². The quantitative estimate of drug-likeness (QED) is 0.839. The maximum atomic E-state index is 12.7. The van der Waals surface area contributed by atoms with Crippen LogP contribution in [0.5, 0.6) is 0 Å². The second-order valence-electron chi connectivity index (χ2n) is 7.20. The Morgan fingerprint density at radius 3 is 2.62 bits per heavy atom. The maximum absolute atomic E-state index is 12.7. The number of likely N-dealkylation sites (tertiary alicyclic amines) is 1. The number of rotatable bonds is 6. The van der Waals surface area contributed by atoms with Gasteiger partial charge in [0.25, 0.3) is 0 Å². The first-order valence-electron chi connectivity index (χ1n) is 9.13. The number of aromatic nitrogens is 2. The lowest BCUT2D eigenvalue weighted by atomic mass is 9.98. The van der Waals surface area contributed by atoms with Crippen LogP contribution in [-0.2, 0) is 23.6 Å². The minimum Gasteiger partial charge on any atom is -0.299 e. The molecule has 1 aromatic heterocycles. The van der Waals surface area contributed by atoms with Gasteiger partial charge in [-0.05, 0) is 44.7 Å². The van der Waals surface area contributed by atoms with Crippen molar-refractivity contribution in [3.05, 3.63) is 47.3 Å². The Morgan fingerprint density at radius 1 is 1.23 bits per heavy atom. The summed E-state index contributed by atoms with van der Waals surface area (Å²) in [5, 5.41) is 4.22. The molecule has 1 aliphatic rings. The molecule has 1 N–H and O–H groups in total. The standard InChI is InChI=1S/C19H28N4O2S/c1-15-19(16(2)22(3)21-15)26(24,25)20-12-18-10-7-11-23(14-18)13-17-8-5-4-6-9-17/h4-6,8-9,18,20H,7,10-14H2,1-3H3. The van der Waals surface area contributed by atoms with E-state index in [1.54, 1.807) is 25.6 Å². The lowest BCUT2D eigenvalue weighted by Gasteiger charge is -2.32. The Morgan fingerprint density at radius 2 is 1.96 bits per heavy atom. The zero-order valence-corrected chi connectivity index (χ0v) is 16.6. The van der Waals surface area contributed by atoms with Gasteiger partial charge in [-0.3, -0.25) is 9.58 Å². The molecule has 1 atom stereocenters. The molecular weight excluding hydrogens is 348 g/mol. The number of nitrogens with one attached hydrogen (secondary N) is 1. The minimum absolute atomic E-state index is 0.317. The third-order valence-electron chi connectivity index (χ3n) is 5.13. The van der Waals surface area contributed by atoms with Crippen molar-refractivity contribution >= 4 is 10.0 Å². The molecule has 26 heavy (non-hydrogen) atoms. The molecular formula is C19H28N4O2S. The molecule has 0 amide bonds. The first-order chi connectivity index (χ1) is 12.4. The molecule has 0 bridgehead atoms. The van der Waals surface area contributed by atoms with Gasteiger partial charge >= 0.3 is 0 Å². The Bertz CT molecular complexity index is 846. The van der Waals surface area contributed by atoms with E-state index in [2.05, 4.69) is 39.0 Å². The van der Waals surface area contributed by atoms with Crippen LogP contribution in [0.1, 0.15) is 29.8 Å². The molecule has 1 fully saturated rings. The average molecular weight is 377 g/mol. The van der Waals surface area contributed by atoms with Crippen molar-refractivity contribution in [1.29, 1.82) is 0 Å². The summed E-state index contributed by atoms with van der Waals surface area (Å²) in [6, 6.07) is 10.4. The Kier molecular flexibility index (Phi) is 5.79. The van der Waals surface area contributed by atoms with Crippen molar-refractivity contribution in [1.82, 2.24) is 19.4 Å². The van der Waals surface area contributed by atoms with Crippen molar-refractivity contribution in [2.45, 2.75) is 38.1 Å². The Labute approximate surface area is 156 Å².